The number of fused-ring (bicyclic) bond motifs is 1. The van der Waals surface area contributed by atoms with Crippen LogP contribution in [0.4, 0.5) is 0 Å². The number of rotatable bonds is 2. The highest BCUT2D eigenvalue weighted by molar-refractivity contribution is 5.39. The summed E-state index contributed by atoms with van der Waals surface area (Å²) in [6, 6.07) is 12.0. The lowest BCUT2D eigenvalue weighted by molar-refractivity contribution is 0.469. The first-order valence-corrected chi connectivity index (χ1v) is 5.57. The molecule has 5 nitrogen and oxygen atoms in total. The minimum Gasteiger partial charge on any atom is -0.508 e. The number of pyridine rings is 1. The van der Waals surface area contributed by atoms with Crippen LogP contribution < -0.4 is 5.56 Å². The van der Waals surface area contributed by atoms with Gasteiger partial charge in [-0.1, -0.05) is 24.3 Å². The van der Waals surface area contributed by atoms with Crippen molar-refractivity contribution in [1.82, 2.24) is 14.6 Å². The van der Waals surface area contributed by atoms with Gasteiger partial charge in [0.15, 0.2) is 5.65 Å². The number of H-pyrrole nitrogens is 1. The van der Waals surface area contributed by atoms with Gasteiger partial charge in [-0.3, -0.25) is 9.89 Å². The van der Waals surface area contributed by atoms with Gasteiger partial charge in [0.25, 0.3) is 5.56 Å². The molecule has 0 aliphatic heterocycles. The first-order valence-electron chi connectivity index (χ1n) is 5.57. The zero-order chi connectivity index (χ0) is 12.5. The molecule has 2 N–H and O–H groups in total. The SMILES string of the molecule is O=c1cccc2nc(Cc3ccccc3O)[nH]n12. The van der Waals surface area contributed by atoms with Gasteiger partial charge in [-0.05, 0) is 12.1 Å². The smallest absolute Gasteiger partial charge is 0.271 e. The van der Waals surface area contributed by atoms with Crippen LogP contribution in [0.2, 0.25) is 0 Å². The molecule has 5 heteroatoms. The van der Waals surface area contributed by atoms with Crippen LogP contribution in [0.5, 0.6) is 5.75 Å². The Hall–Kier alpha value is -2.56. The van der Waals surface area contributed by atoms with E-state index in [1.165, 1.54) is 10.6 Å². The van der Waals surface area contributed by atoms with Crippen molar-refractivity contribution in [1.29, 1.82) is 0 Å². The fourth-order valence-corrected chi connectivity index (χ4v) is 1.89. The highest BCUT2D eigenvalue weighted by Crippen LogP contribution is 2.18. The molecule has 0 aliphatic rings. The van der Waals surface area contributed by atoms with Crippen LogP contribution >= 0.6 is 0 Å². The van der Waals surface area contributed by atoms with Gasteiger partial charge < -0.3 is 5.11 Å². The molecule has 0 spiro atoms. The van der Waals surface area contributed by atoms with Crippen molar-refractivity contribution in [2.75, 3.05) is 0 Å². The first-order chi connectivity index (χ1) is 8.74. The normalized spacial score (nSPS) is 10.9. The largest absolute Gasteiger partial charge is 0.508 e. The minimum atomic E-state index is -0.150. The van der Waals surface area contributed by atoms with Crippen LogP contribution in [0.3, 0.4) is 0 Å². The van der Waals surface area contributed by atoms with Crippen molar-refractivity contribution >= 4 is 5.65 Å². The lowest BCUT2D eigenvalue weighted by atomic mass is 10.1. The molecule has 0 unspecified atom stereocenters. The average Bonchev–Trinajstić information content (AvgIpc) is 2.76. The van der Waals surface area contributed by atoms with Crippen molar-refractivity contribution in [2.45, 2.75) is 6.42 Å². The van der Waals surface area contributed by atoms with E-state index in [-0.39, 0.29) is 11.3 Å². The second-order valence-corrected chi connectivity index (χ2v) is 4.03. The van der Waals surface area contributed by atoms with E-state index in [9.17, 15) is 9.90 Å². The standard InChI is InChI=1S/C13H11N3O2/c17-10-5-2-1-4-9(10)8-11-14-12-6-3-7-13(18)16(12)15-11/h1-7,17H,8H2,(H,14,15). The molecule has 0 fully saturated rings. The van der Waals surface area contributed by atoms with Crippen LogP contribution in [0.25, 0.3) is 5.65 Å². The van der Waals surface area contributed by atoms with E-state index in [4.69, 9.17) is 0 Å². The van der Waals surface area contributed by atoms with Gasteiger partial charge >= 0.3 is 0 Å². The summed E-state index contributed by atoms with van der Waals surface area (Å²) >= 11 is 0. The van der Waals surface area contributed by atoms with E-state index in [1.807, 2.05) is 12.1 Å². The highest BCUT2D eigenvalue weighted by atomic mass is 16.3. The maximum Gasteiger partial charge on any atom is 0.271 e. The maximum absolute atomic E-state index is 11.6. The summed E-state index contributed by atoms with van der Waals surface area (Å²) in [6.45, 7) is 0. The minimum absolute atomic E-state index is 0.150. The Morgan fingerprint density at radius 3 is 2.78 bits per heavy atom. The van der Waals surface area contributed by atoms with E-state index in [1.54, 1.807) is 24.3 Å². The molecule has 0 bridgehead atoms. The number of nitrogens with one attached hydrogen (secondary N) is 1. The number of benzene rings is 1. The lowest BCUT2D eigenvalue weighted by Crippen LogP contribution is -2.11. The number of phenolic OH excluding ortho intramolecular Hbond substituents is 1. The molecule has 2 heterocycles. The summed E-state index contributed by atoms with van der Waals surface area (Å²) in [5.41, 5.74) is 1.20. The van der Waals surface area contributed by atoms with Crippen LogP contribution in [-0.4, -0.2) is 19.7 Å². The number of phenols is 1. The number of para-hydroxylation sites is 1. The molecule has 18 heavy (non-hydrogen) atoms. The predicted octanol–water partition coefficient (Wildman–Crippen LogP) is 1.32. The Morgan fingerprint density at radius 1 is 1.17 bits per heavy atom. The van der Waals surface area contributed by atoms with Gasteiger partial charge in [0, 0.05) is 18.1 Å². The van der Waals surface area contributed by atoms with E-state index in [0.717, 1.165) is 5.56 Å². The summed E-state index contributed by atoms with van der Waals surface area (Å²) in [7, 11) is 0. The molecular weight excluding hydrogens is 230 g/mol. The fourth-order valence-electron chi connectivity index (χ4n) is 1.89. The Morgan fingerprint density at radius 2 is 2.00 bits per heavy atom. The summed E-state index contributed by atoms with van der Waals surface area (Å²) in [6.07, 6.45) is 0.452. The molecule has 0 saturated carbocycles. The number of aromatic hydroxyl groups is 1. The van der Waals surface area contributed by atoms with E-state index < -0.39 is 0 Å². The molecule has 0 aliphatic carbocycles. The van der Waals surface area contributed by atoms with E-state index >= 15 is 0 Å². The summed E-state index contributed by atoms with van der Waals surface area (Å²) in [4.78, 5) is 15.9. The van der Waals surface area contributed by atoms with Crippen LogP contribution in [0.1, 0.15) is 11.4 Å². The van der Waals surface area contributed by atoms with Crippen LogP contribution in [0, 0.1) is 0 Å². The summed E-state index contributed by atoms with van der Waals surface area (Å²) in [5, 5.41) is 12.6. The number of aromatic nitrogens is 3. The predicted molar refractivity (Wildman–Crippen MR) is 66.7 cm³/mol. The fraction of sp³-hybridized carbons (Fsp3) is 0.0769. The molecule has 3 aromatic rings. The second-order valence-electron chi connectivity index (χ2n) is 4.03. The molecule has 0 saturated heterocycles. The van der Waals surface area contributed by atoms with Gasteiger partial charge in [0.05, 0.1) is 0 Å². The third kappa shape index (κ3) is 1.75. The van der Waals surface area contributed by atoms with Gasteiger partial charge in [-0.2, -0.15) is 0 Å². The summed E-state index contributed by atoms with van der Waals surface area (Å²) < 4.78 is 1.38. The Kier molecular flexibility index (Phi) is 2.37. The molecule has 2 aromatic heterocycles. The van der Waals surface area contributed by atoms with Crippen LogP contribution in [0.15, 0.2) is 47.3 Å². The highest BCUT2D eigenvalue weighted by Gasteiger charge is 2.06. The quantitative estimate of drug-likeness (QED) is 0.710. The Labute approximate surface area is 102 Å². The van der Waals surface area contributed by atoms with Gasteiger partial charge in [-0.15, -0.1) is 0 Å². The zero-order valence-corrected chi connectivity index (χ0v) is 9.50. The number of aromatic amines is 1. The average molecular weight is 241 g/mol. The number of hydrogen-bond donors (Lipinski definition) is 2. The lowest BCUT2D eigenvalue weighted by Gasteiger charge is -2.00. The van der Waals surface area contributed by atoms with E-state index in [0.29, 0.717) is 17.9 Å². The third-order valence-corrected chi connectivity index (χ3v) is 2.77. The third-order valence-electron chi connectivity index (χ3n) is 2.77. The molecule has 3 rings (SSSR count). The number of nitrogens with zero attached hydrogens (tertiary/aromatic N) is 2. The van der Waals surface area contributed by atoms with Gasteiger partial charge in [-0.25, -0.2) is 9.50 Å². The Bertz CT molecular complexity index is 758. The molecule has 0 atom stereocenters. The number of hydrogen-bond acceptors (Lipinski definition) is 3. The van der Waals surface area contributed by atoms with Gasteiger partial charge in [0.1, 0.15) is 11.6 Å². The van der Waals surface area contributed by atoms with Gasteiger partial charge in [0.2, 0.25) is 0 Å². The maximum atomic E-state index is 11.6. The second kappa shape index (κ2) is 4.03. The molecule has 0 amide bonds. The topological polar surface area (TPSA) is 70.4 Å². The Balaban J connectivity index is 2.04. The molecule has 90 valence electrons. The first kappa shape index (κ1) is 10.6. The zero-order valence-electron chi connectivity index (χ0n) is 9.50. The van der Waals surface area contributed by atoms with Crippen molar-refractivity contribution < 1.29 is 5.11 Å². The van der Waals surface area contributed by atoms with Crippen molar-refractivity contribution in [3.63, 3.8) is 0 Å². The van der Waals surface area contributed by atoms with E-state index in [2.05, 4.69) is 10.1 Å². The van der Waals surface area contributed by atoms with Crippen molar-refractivity contribution in [3.05, 3.63) is 64.2 Å². The monoisotopic (exact) mass is 241 g/mol. The van der Waals surface area contributed by atoms with Crippen LogP contribution in [-0.2, 0) is 6.42 Å². The molecule has 0 radical (unpaired) electrons. The van der Waals surface area contributed by atoms with Crippen molar-refractivity contribution in [3.8, 4) is 5.75 Å². The summed E-state index contributed by atoms with van der Waals surface area (Å²) in [5.74, 6) is 0.866. The molecule has 1 aromatic carbocycles. The van der Waals surface area contributed by atoms with Crippen molar-refractivity contribution in [2.24, 2.45) is 0 Å². The molecular formula is C13H11N3O2.